The van der Waals surface area contributed by atoms with E-state index in [0.717, 1.165) is 5.56 Å². The average molecular weight is 347 g/mol. The molecule has 2 rings (SSSR count). The maximum absolute atomic E-state index is 12.3. The molecule has 1 aromatic rings. The molecular weight excluding hydrogens is 327 g/mol. The molecule has 1 saturated heterocycles. The summed E-state index contributed by atoms with van der Waals surface area (Å²) in [7, 11) is 0. The van der Waals surface area contributed by atoms with E-state index in [2.05, 4.69) is 10.6 Å². The lowest BCUT2D eigenvalue weighted by molar-refractivity contribution is -0.137. The molecule has 5 nitrogen and oxygen atoms in total. The van der Waals surface area contributed by atoms with Gasteiger partial charge in [0.15, 0.2) is 0 Å². The van der Waals surface area contributed by atoms with E-state index in [1.54, 1.807) is 18.2 Å². The van der Waals surface area contributed by atoms with Crippen LogP contribution in [0.5, 0.6) is 0 Å². The summed E-state index contributed by atoms with van der Waals surface area (Å²) in [6.07, 6.45) is -0.586. The van der Waals surface area contributed by atoms with Crippen molar-refractivity contribution in [1.82, 2.24) is 10.6 Å². The van der Waals surface area contributed by atoms with Crippen LogP contribution in [-0.2, 0) is 15.1 Å². The Balaban J connectivity index is 2.03. The molecule has 0 aliphatic carbocycles. The number of rotatable bonds is 4. The van der Waals surface area contributed by atoms with Gasteiger partial charge in [0, 0.05) is 16.6 Å². The van der Waals surface area contributed by atoms with Crippen molar-refractivity contribution in [3.05, 3.63) is 33.8 Å². The highest BCUT2D eigenvalue weighted by Crippen LogP contribution is 2.27. The van der Waals surface area contributed by atoms with E-state index >= 15 is 0 Å². The first kappa shape index (κ1) is 17.5. The summed E-state index contributed by atoms with van der Waals surface area (Å²) < 4.78 is 5.49. The Labute approximate surface area is 139 Å². The number of hydrogen-bond donors (Lipinski definition) is 3. The van der Waals surface area contributed by atoms with Gasteiger partial charge in [0.1, 0.15) is 6.10 Å². The molecule has 1 aromatic carbocycles. The fourth-order valence-corrected chi connectivity index (χ4v) is 2.81. The Hall–Kier alpha value is -0.850. The lowest BCUT2D eigenvalue weighted by atomic mass is 9.94. The second-order valence-electron chi connectivity index (χ2n) is 5.88. The van der Waals surface area contributed by atoms with E-state index < -0.39 is 11.6 Å². The molecule has 0 aromatic heterocycles. The van der Waals surface area contributed by atoms with E-state index in [9.17, 15) is 4.79 Å². The maximum atomic E-state index is 12.3. The number of nitrogens with one attached hydrogen (secondary N) is 2. The van der Waals surface area contributed by atoms with Gasteiger partial charge in [-0.15, -0.1) is 0 Å². The minimum atomic E-state index is -0.636. The number of amides is 1. The number of ether oxygens (including phenoxy) is 1. The normalized spacial score (nSPS) is 22.4. The molecule has 0 bridgehead atoms. The second-order valence-corrected chi connectivity index (χ2v) is 6.75. The third-order valence-corrected chi connectivity index (χ3v) is 4.06. The monoisotopic (exact) mass is 346 g/mol. The molecule has 1 heterocycles. The zero-order valence-electron chi connectivity index (χ0n) is 12.5. The first-order valence-electron chi connectivity index (χ1n) is 7.06. The molecule has 1 amide bonds. The highest BCUT2D eigenvalue weighted by Gasteiger charge is 2.31. The highest BCUT2D eigenvalue weighted by atomic mass is 35.5. The molecule has 1 fully saturated rings. The molecule has 122 valence electrons. The van der Waals surface area contributed by atoms with Crippen LogP contribution in [0.15, 0.2) is 18.2 Å². The van der Waals surface area contributed by atoms with Crippen LogP contribution in [0.1, 0.15) is 19.4 Å². The van der Waals surface area contributed by atoms with Crippen molar-refractivity contribution in [2.75, 3.05) is 19.8 Å². The van der Waals surface area contributed by atoms with Crippen LogP contribution in [0.4, 0.5) is 0 Å². The lowest BCUT2D eigenvalue weighted by Gasteiger charge is -2.33. The van der Waals surface area contributed by atoms with Gasteiger partial charge >= 0.3 is 0 Å². The summed E-state index contributed by atoms with van der Waals surface area (Å²) in [5.41, 5.74) is 0.179. The molecule has 0 radical (unpaired) electrons. The predicted molar refractivity (Wildman–Crippen MR) is 86.2 cm³/mol. The number of aliphatic hydroxyl groups excluding tert-OH is 1. The number of morpholine rings is 1. The maximum Gasteiger partial charge on any atom is 0.251 e. The largest absolute Gasteiger partial charge is 0.395 e. The molecule has 2 atom stereocenters. The third-order valence-electron chi connectivity index (χ3n) is 3.62. The minimum Gasteiger partial charge on any atom is -0.395 e. The number of carbonyl (C=O) groups is 1. The van der Waals surface area contributed by atoms with Crippen LogP contribution in [0.25, 0.3) is 0 Å². The first-order chi connectivity index (χ1) is 10.3. The SMILES string of the molecule is CC(C)(NC(=O)[C@@H]1CN[C@H](CO)CO1)c1cc(Cl)cc(Cl)c1. The molecule has 22 heavy (non-hydrogen) atoms. The van der Waals surface area contributed by atoms with Crippen LogP contribution in [0.3, 0.4) is 0 Å². The topological polar surface area (TPSA) is 70.6 Å². The lowest BCUT2D eigenvalue weighted by Crippen LogP contribution is -2.55. The quantitative estimate of drug-likeness (QED) is 0.775. The Morgan fingerprint density at radius 2 is 2.05 bits per heavy atom. The molecular formula is C15H20Cl2N2O3. The minimum absolute atomic E-state index is 0.0130. The van der Waals surface area contributed by atoms with E-state index in [1.165, 1.54) is 0 Å². The van der Waals surface area contributed by atoms with Crippen LogP contribution in [-0.4, -0.2) is 42.9 Å². The van der Waals surface area contributed by atoms with Crippen LogP contribution >= 0.6 is 23.2 Å². The third kappa shape index (κ3) is 4.33. The van der Waals surface area contributed by atoms with Gasteiger partial charge in [0.2, 0.25) is 0 Å². The second kappa shape index (κ2) is 7.15. The van der Waals surface area contributed by atoms with Crippen molar-refractivity contribution < 1.29 is 14.6 Å². The highest BCUT2D eigenvalue weighted by molar-refractivity contribution is 6.34. The Morgan fingerprint density at radius 1 is 1.41 bits per heavy atom. The number of benzene rings is 1. The van der Waals surface area contributed by atoms with Gasteiger partial charge in [-0.2, -0.15) is 0 Å². The van der Waals surface area contributed by atoms with E-state index in [-0.39, 0.29) is 18.6 Å². The average Bonchev–Trinajstić information content (AvgIpc) is 2.46. The van der Waals surface area contributed by atoms with Crippen molar-refractivity contribution in [3.63, 3.8) is 0 Å². The molecule has 7 heteroatoms. The number of carbonyl (C=O) groups excluding carboxylic acids is 1. The van der Waals surface area contributed by atoms with E-state index in [1.807, 2.05) is 13.8 Å². The van der Waals surface area contributed by atoms with E-state index in [0.29, 0.717) is 23.2 Å². The smallest absolute Gasteiger partial charge is 0.251 e. The zero-order valence-corrected chi connectivity index (χ0v) is 14.0. The predicted octanol–water partition coefficient (Wildman–Crippen LogP) is 1.69. The molecule has 0 saturated carbocycles. The van der Waals surface area contributed by atoms with Gasteiger partial charge in [-0.3, -0.25) is 4.79 Å². The number of aliphatic hydroxyl groups is 1. The van der Waals surface area contributed by atoms with Crippen molar-refractivity contribution in [3.8, 4) is 0 Å². The van der Waals surface area contributed by atoms with Crippen LogP contribution in [0, 0.1) is 0 Å². The first-order valence-corrected chi connectivity index (χ1v) is 7.82. The summed E-state index contributed by atoms with van der Waals surface area (Å²) in [5.74, 6) is -0.218. The molecule has 0 unspecified atom stereocenters. The summed E-state index contributed by atoms with van der Waals surface area (Å²) in [5, 5.41) is 16.1. The summed E-state index contributed by atoms with van der Waals surface area (Å²) in [6, 6.07) is 5.07. The zero-order chi connectivity index (χ0) is 16.3. The van der Waals surface area contributed by atoms with Crippen molar-refractivity contribution >= 4 is 29.1 Å². The number of hydrogen-bond acceptors (Lipinski definition) is 4. The summed E-state index contributed by atoms with van der Waals surface area (Å²) in [6.45, 7) is 4.40. The Morgan fingerprint density at radius 3 is 2.55 bits per heavy atom. The molecule has 3 N–H and O–H groups in total. The summed E-state index contributed by atoms with van der Waals surface area (Å²) in [4.78, 5) is 12.3. The van der Waals surface area contributed by atoms with Crippen molar-refractivity contribution in [2.24, 2.45) is 0 Å². The standard InChI is InChI=1S/C15H20Cl2N2O3/c1-15(2,9-3-10(16)5-11(17)4-9)19-14(21)13-6-18-12(7-20)8-22-13/h3-5,12-13,18,20H,6-8H2,1-2H3,(H,19,21)/t12-,13+/m1/s1. The van der Waals surface area contributed by atoms with Gasteiger partial charge in [-0.1, -0.05) is 23.2 Å². The Bertz CT molecular complexity index is 523. The van der Waals surface area contributed by atoms with Crippen molar-refractivity contribution in [2.45, 2.75) is 31.5 Å². The van der Waals surface area contributed by atoms with E-state index in [4.69, 9.17) is 33.0 Å². The van der Waals surface area contributed by atoms with Crippen LogP contribution in [0.2, 0.25) is 10.0 Å². The fraction of sp³-hybridized carbons (Fsp3) is 0.533. The van der Waals surface area contributed by atoms with Gasteiger partial charge in [0.05, 0.1) is 24.8 Å². The van der Waals surface area contributed by atoms with Gasteiger partial charge in [-0.05, 0) is 37.6 Å². The molecule has 0 spiro atoms. The summed E-state index contributed by atoms with van der Waals surface area (Å²) >= 11 is 12.0. The number of halogens is 2. The van der Waals surface area contributed by atoms with Gasteiger partial charge < -0.3 is 20.5 Å². The Kier molecular flexibility index (Phi) is 5.69. The van der Waals surface area contributed by atoms with Gasteiger partial charge in [0.25, 0.3) is 5.91 Å². The van der Waals surface area contributed by atoms with Crippen LogP contribution < -0.4 is 10.6 Å². The fourth-order valence-electron chi connectivity index (χ4n) is 2.28. The molecule has 1 aliphatic heterocycles. The molecule has 1 aliphatic rings. The van der Waals surface area contributed by atoms with Gasteiger partial charge in [-0.25, -0.2) is 0 Å². The van der Waals surface area contributed by atoms with Crippen molar-refractivity contribution in [1.29, 1.82) is 0 Å².